The van der Waals surface area contributed by atoms with Gasteiger partial charge in [0.2, 0.25) is 0 Å². The highest BCUT2D eigenvalue weighted by Crippen LogP contribution is 2.24. The number of hydrogen-bond acceptors (Lipinski definition) is 6. The molecule has 1 N–H and O–H groups in total. The summed E-state index contributed by atoms with van der Waals surface area (Å²) in [5.74, 6) is 1.04. The Balaban J connectivity index is 1.51. The molecule has 0 spiro atoms. The van der Waals surface area contributed by atoms with E-state index in [1.54, 1.807) is 37.3 Å². The molecule has 4 rings (SSSR count). The molecule has 0 unspecified atom stereocenters. The molecule has 142 valence electrons. The van der Waals surface area contributed by atoms with Gasteiger partial charge in [-0.3, -0.25) is 9.59 Å². The van der Waals surface area contributed by atoms with Gasteiger partial charge in [0.15, 0.2) is 11.4 Å². The molecule has 0 aliphatic heterocycles. The summed E-state index contributed by atoms with van der Waals surface area (Å²) in [7, 11) is 0. The van der Waals surface area contributed by atoms with Crippen LogP contribution in [-0.2, 0) is 6.61 Å². The minimum Gasteiger partial charge on any atom is -0.487 e. The lowest BCUT2D eigenvalue weighted by Crippen LogP contribution is -2.14. The number of anilines is 1. The standard InChI is InChI=1S/C20H17N3O5/c1-12-5-6-14(22-20(25)16-4-3-7-26-16)9-17(12)27-11-15-10-19(24)23-18(21-15)8-13(2)28-23/h3-10H,11H2,1-2H3,(H,22,25). The quantitative estimate of drug-likeness (QED) is 0.571. The summed E-state index contributed by atoms with van der Waals surface area (Å²) in [6.07, 6.45) is 1.44. The molecule has 1 aromatic carbocycles. The van der Waals surface area contributed by atoms with Crippen LogP contribution in [0.3, 0.4) is 0 Å². The summed E-state index contributed by atoms with van der Waals surface area (Å²) in [4.78, 5) is 28.6. The van der Waals surface area contributed by atoms with Crippen molar-refractivity contribution in [2.45, 2.75) is 20.5 Å². The zero-order valence-electron chi connectivity index (χ0n) is 15.3. The van der Waals surface area contributed by atoms with E-state index in [0.717, 1.165) is 10.1 Å². The van der Waals surface area contributed by atoms with Gasteiger partial charge >= 0.3 is 0 Å². The van der Waals surface area contributed by atoms with Crippen LogP contribution < -0.4 is 15.6 Å². The highest BCUT2D eigenvalue weighted by atomic mass is 16.5. The van der Waals surface area contributed by atoms with Gasteiger partial charge in [-0.25, -0.2) is 4.98 Å². The number of amides is 1. The van der Waals surface area contributed by atoms with Gasteiger partial charge in [-0.1, -0.05) is 6.07 Å². The van der Waals surface area contributed by atoms with E-state index in [2.05, 4.69) is 10.3 Å². The number of nitrogens with one attached hydrogen (secondary N) is 1. The highest BCUT2D eigenvalue weighted by Gasteiger charge is 2.11. The van der Waals surface area contributed by atoms with Crippen LogP contribution in [0.15, 0.2) is 62.5 Å². The summed E-state index contributed by atoms with van der Waals surface area (Å²) in [6, 6.07) is 11.6. The Morgan fingerprint density at radius 1 is 1.21 bits per heavy atom. The van der Waals surface area contributed by atoms with Crippen LogP contribution in [0.4, 0.5) is 5.69 Å². The molecule has 0 aliphatic rings. The first-order valence-corrected chi connectivity index (χ1v) is 8.57. The summed E-state index contributed by atoms with van der Waals surface area (Å²) in [5, 5.41) is 2.75. The van der Waals surface area contributed by atoms with E-state index in [-0.39, 0.29) is 23.8 Å². The van der Waals surface area contributed by atoms with E-state index in [1.165, 1.54) is 12.3 Å². The smallest absolute Gasteiger partial charge is 0.291 e. The molecule has 3 aromatic heterocycles. The Morgan fingerprint density at radius 2 is 2.07 bits per heavy atom. The molecule has 0 aliphatic carbocycles. The number of fused-ring (bicyclic) bond motifs is 1. The normalized spacial score (nSPS) is 10.9. The molecule has 8 nitrogen and oxygen atoms in total. The second-order valence-corrected chi connectivity index (χ2v) is 6.28. The Hall–Kier alpha value is -3.81. The molecular formula is C20H17N3O5. The average Bonchev–Trinajstić information content (AvgIpc) is 3.31. The zero-order chi connectivity index (χ0) is 19.7. The van der Waals surface area contributed by atoms with Crippen LogP contribution >= 0.6 is 0 Å². The predicted molar refractivity (Wildman–Crippen MR) is 101 cm³/mol. The number of nitrogens with zero attached hydrogens (tertiary/aromatic N) is 2. The number of aromatic nitrogens is 2. The fraction of sp³-hybridized carbons (Fsp3) is 0.150. The van der Waals surface area contributed by atoms with Gasteiger partial charge in [-0.15, -0.1) is 4.57 Å². The third kappa shape index (κ3) is 3.52. The monoisotopic (exact) mass is 379 g/mol. The first-order valence-electron chi connectivity index (χ1n) is 8.57. The minimum absolute atomic E-state index is 0.104. The van der Waals surface area contributed by atoms with Gasteiger partial charge in [0, 0.05) is 23.9 Å². The van der Waals surface area contributed by atoms with Crippen molar-refractivity contribution < 1.29 is 18.5 Å². The molecule has 1 amide bonds. The number of furan rings is 1. The molecule has 8 heteroatoms. The summed E-state index contributed by atoms with van der Waals surface area (Å²) >= 11 is 0. The molecule has 0 saturated carbocycles. The maximum absolute atomic E-state index is 12.1. The maximum Gasteiger partial charge on any atom is 0.291 e. The van der Waals surface area contributed by atoms with Crippen molar-refractivity contribution in [3.8, 4) is 5.75 Å². The van der Waals surface area contributed by atoms with Crippen LogP contribution in [0.2, 0.25) is 0 Å². The molecule has 0 atom stereocenters. The lowest BCUT2D eigenvalue weighted by Gasteiger charge is -2.11. The molecule has 0 saturated heterocycles. The van der Waals surface area contributed by atoms with Crippen LogP contribution in [0.5, 0.6) is 5.75 Å². The number of rotatable bonds is 5. The van der Waals surface area contributed by atoms with Crippen molar-refractivity contribution in [3.05, 3.63) is 81.9 Å². The highest BCUT2D eigenvalue weighted by molar-refractivity contribution is 6.02. The third-order valence-electron chi connectivity index (χ3n) is 4.09. The first-order chi connectivity index (χ1) is 13.5. The lowest BCUT2D eigenvalue weighted by atomic mass is 10.2. The summed E-state index contributed by atoms with van der Waals surface area (Å²) < 4.78 is 17.3. The Morgan fingerprint density at radius 3 is 2.86 bits per heavy atom. The topological polar surface area (TPSA) is 99.0 Å². The molecule has 0 bridgehead atoms. The van der Waals surface area contributed by atoms with Gasteiger partial charge in [-0.2, -0.15) is 0 Å². The predicted octanol–water partition coefficient (Wildman–Crippen LogP) is 3.33. The van der Waals surface area contributed by atoms with Crippen molar-refractivity contribution in [2.24, 2.45) is 0 Å². The van der Waals surface area contributed by atoms with E-state index < -0.39 is 0 Å². The van der Waals surface area contributed by atoms with E-state index in [0.29, 0.717) is 28.5 Å². The van der Waals surface area contributed by atoms with Gasteiger partial charge in [0.1, 0.15) is 18.1 Å². The number of ether oxygens (including phenoxy) is 1. The molecule has 0 fully saturated rings. The van der Waals surface area contributed by atoms with Gasteiger partial charge in [-0.05, 0) is 37.6 Å². The maximum atomic E-state index is 12.1. The largest absolute Gasteiger partial charge is 0.487 e. The number of hydrogen-bond donors (Lipinski definition) is 1. The second kappa shape index (κ2) is 7.07. The lowest BCUT2D eigenvalue weighted by molar-refractivity contribution is 0.0996. The van der Waals surface area contributed by atoms with Crippen molar-refractivity contribution in [1.29, 1.82) is 0 Å². The SMILES string of the molecule is Cc1cc2nc(COc3cc(NC(=O)c4ccco4)ccc3C)cc(=O)n2o1. The van der Waals surface area contributed by atoms with Crippen LogP contribution in [0.25, 0.3) is 5.65 Å². The number of carbonyl (C=O) groups is 1. The van der Waals surface area contributed by atoms with E-state index in [9.17, 15) is 9.59 Å². The van der Waals surface area contributed by atoms with Crippen molar-refractivity contribution in [2.75, 3.05) is 5.32 Å². The zero-order valence-corrected chi connectivity index (χ0v) is 15.3. The third-order valence-corrected chi connectivity index (χ3v) is 4.09. The molecule has 3 heterocycles. The van der Waals surface area contributed by atoms with E-state index >= 15 is 0 Å². The Kier molecular flexibility index (Phi) is 4.44. The number of carbonyl (C=O) groups excluding carboxylic acids is 1. The fourth-order valence-corrected chi connectivity index (χ4v) is 2.73. The van der Waals surface area contributed by atoms with Crippen LogP contribution in [0, 0.1) is 13.8 Å². The molecule has 0 radical (unpaired) electrons. The molecule has 4 aromatic rings. The van der Waals surface area contributed by atoms with E-state index in [4.69, 9.17) is 13.7 Å². The molecular weight excluding hydrogens is 362 g/mol. The van der Waals surface area contributed by atoms with Crippen LogP contribution in [0.1, 0.15) is 27.6 Å². The average molecular weight is 379 g/mol. The summed E-state index contributed by atoms with van der Waals surface area (Å²) in [6.45, 7) is 3.74. The van der Waals surface area contributed by atoms with Gasteiger partial charge < -0.3 is 19.0 Å². The van der Waals surface area contributed by atoms with Gasteiger partial charge in [0.25, 0.3) is 11.5 Å². The van der Waals surface area contributed by atoms with Crippen molar-refractivity contribution >= 4 is 17.2 Å². The Bertz CT molecular complexity index is 1200. The van der Waals surface area contributed by atoms with Crippen molar-refractivity contribution in [1.82, 2.24) is 9.56 Å². The number of aryl methyl sites for hydroxylation is 2. The second-order valence-electron chi connectivity index (χ2n) is 6.28. The van der Waals surface area contributed by atoms with Crippen molar-refractivity contribution in [3.63, 3.8) is 0 Å². The summed E-state index contributed by atoms with van der Waals surface area (Å²) in [5.41, 5.74) is 2.05. The minimum atomic E-state index is -0.352. The van der Waals surface area contributed by atoms with E-state index in [1.807, 2.05) is 13.0 Å². The van der Waals surface area contributed by atoms with Crippen LogP contribution in [-0.4, -0.2) is 15.5 Å². The first kappa shape index (κ1) is 17.6. The fourth-order valence-electron chi connectivity index (χ4n) is 2.73. The Labute approximate surface area is 159 Å². The number of benzene rings is 1. The molecule has 28 heavy (non-hydrogen) atoms. The van der Waals surface area contributed by atoms with Gasteiger partial charge in [0.05, 0.1) is 12.0 Å².